The molecule has 2 aromatic rings. The van der Waals surface area contributed by atoms with E-state index in [4.69, 9.17) is 9.47 Å². The van der Waals surface area contributed by atoms with Gasteiger partial charge in [0.25, 0.3) is 0 Å². The number of anilines is 1. The highest BCUT2D eigenvalue weighted by Gasteiger charge is 2.25. The molecule has 1 aliphatic rings. The Balaban J connectivity index is 1.39. The molecule has 31 heavy (non-hydrogen) atoms. The van der Waals surface area contributed by atoms with Crippen LogP contribution in [-0.2, 0) is 11.3 Å². The van der Waals surface area contributed by atoms with Crippen LogP contribution in [0.4, 0.5) is 10.2 Å². The molecule has 0 aliphatic carbocycles. The maximum Gasteiger partial charge on any atom is 0.191 e. The van der Waals surface area contributed by atoms with Gasteiger partial charge in [-0.05, 0) is 49.6 Å². The predicted octanol–water partition coefficient (Wildman–Crippen LogP) is 2.97. The third kappa shape index (κ3) is 7.10. The summed E-state index contributed by atoms with van der Waals surface area (Å²) in [5.41, 5.74) is 1.12. The molecule has 7 nitrogen and oxygen atoms in total. The van der Waals surface area contributed by atoms with Gasteiger partial charge in [0.2, 0.25) is 0 Å². The van der Waals surface area contributed by atoms with Gasteiger partial charge in [-0.2, -0.15) is 0 Å². The first-order valence-electron chi connectivity index (χ1n) is 10.8. The minimum Gasteiger partial charge on any atom is -0.497 e. The summed E-state index contributed by atoms with van der Waals surface area (Å²) < 4.78 is 24.9. The molecule has 1 saturated heterocycles. The Morgan fingerprint density at radius 2 is 2.13 bits per heavy atom. The highest BCUT2D eigenvalue weighted by molar-refractivity contribution is 5.80. The van der Waals surface area contributed by atoms with Crippen LogP contribution in [0, 0.1) is 5.82 Å². The highest BCUT2D eigenvalue weighted by atomic mass is 19.1. The zero-order valence-electron chi connectivity index (χ0n) is 18.3. The Hall–Kier alpha value is -2.87. The van der Waals surface area contributed by atoms with Crippen LogP contribution in [0.25, 0.3) is 0 Å². The smallest absolute Gasteiger partial charge is 0.191 e. The van der Waals surface area contributed by atoms with Gasteiger partial charge in [-0.1, -0.05) is 12.1 Å². The number of aromatic nitrogens is 1. The van der Waals surface area contributed by atoms with Crippen LogP contribution in [-0.4, -0.2) is 56.9 Å². The van der Waals surface area contributed by atoms with Crippen molar-refractivity contribution < 1.29 is 13.9 Å². The summed E-state index contributed by atoms with van der Waals surface area (Å²) in [6, 6.07) is 11.1. The molecule has 8 heteroatoms. The van der Waals surface area contributed by atoms with Crippen molar-refractivity contribution in [1.29, 1.82) is 0 Å². The zero-order chi connectivity index (χ0) is 21.9. The Labute approximate surface area is 183 Å². The number of hydrogen-bond acceptors (Lipinski definition) is 5. The average molecular weight is 430 g/mol. The first-order valence-corrected chi connectivity index (χ1v) is 10.8. The summed E-state index contributed by atoms with van der Waals surface area (Å²) >= 11 is 0. The molecule has 1 atom stereocenters. The number of pyridine rings is 1. The molecule has 0 radical (unpaired) electrons. The SMILES string of the molecule is CCNC(=NCCCOCc1ccc(OC)cc1)NC1CCN(c2ncccc2F)C1. The Kier molecular flexibility index (Phi) is 8.90. The lowest BCUT2D eigenvalue weighted by atomic mass is 10.2. The Morgan fingerprint density at radius 1 is 1.29 bits per heavy atom. The Morgan fingerprint density at radius 3 is 2.87 bits per heavy atom. The van der Waals surface area contributed by atoms with Gasteiger partial charge in [0.05, 0.1) is 13.7 Å². The van der Waals surface area contributed by atoms with Crippen molar-refractivity contribution in [1.82, 2.24) is 15.6 Å². The van der Waals surface area contributed by atoms with E-state index in [1.807, 2.05) is 36.1 Å². The number of nitrogens with one attached hydrogen (secondary N) is 2. The molecule has 168 valence electrons. The second kappa shape index (κ2) is 12.1. The molecule has 2 heterocycles. The summed E-state index contributed by atoms with van der Waals surface area (Å²) in [7, 11) is 1.66. The summed E-state index contributed by atoms with van der Waals surface area (Å²) in [5.74, 6) is 1.77. The molecule has 0 spiro atoms. The molecule has 0 bridgehead atoms. The van der Waals surface area contributed by atoms with E-state index in [1.54, 1.807) is 19.4 Å². The summed E-state index contributed by atoms with van der Waals surface area (Å²) in [4.78, 5) is 10.8. The van der Waals surface area contributed by atoms with Gasteiger partial charge in [-0.25, -0.2) is 9.37 Å². The molecule has 0 saturated carbocycles. The van der Waals surface area contributed by atoms with Gasteiger partial charge >= 0.3 is 0 Å². The minimum atomic E-state index is -0.279. The minimum absolute atomic E-state index is 0.200. The van der Waals surface area contributed by atoms with Crippen molar-refractivity contribution in [2.75, 3.05) is 44.8 Å². The number of guanidine groups is 1. The van der Waals surface area contributed by atoms with Crippen LogP contribution in [0.1, 0.15) is 25.3 Å². The molecule has 1 aromatic carbocycles. The van der Waals surface area contributed by atoms with E-state index >= 15 is 0 Å². The molecular formula is C23H32FN5O2. The first-order chi connectivity index (χ1) is 15.2. The van der Waals surface area contributed by atoms with E-state index in [0.717, 1.165) is 43.2 Å². The number of halogens is 1. The number of methoxy groups -OCH3 is 1. The molecule has 1 fully saturated rings. The number of rotatable bonds is 10. The fourth-order valence-corrected chi connectivity index (χ4v) is 3.46. The number of benzene rings is 1. The van der Waals surface area contributed by atoms with Crippen LogP contribution in [0.2, 0.25) is 0 Å². The molecule has 0 amide bonds. The van der Waals surface area contributed by atoms with E-state index < -0.39 is 0 Å². The molecular weight excluding hydrogens is 397 g/mol. The normalized spacial score (nSPS) is 16.4. The summed E-state index contributed by atoms with van der Waals surface area (Å²) in [5, 5.41) is 6.74. The topological polar surface area (TPSA) is 71.0 Å². The number of hydrogen-bond donors (Lipinski definition) is 2. The lowest BCUT2D eigenvalue weighted by Gasteiger charge is -2.20. The van der Waals surface area contributed by atoms with Crippen molar-refractivity contribution in [2.45, 2.75) is 32.4 Å². The second-order valence-electron chi connectivity index (χ2n) is 7.40. The third-order valence-corrected chi connectivity index (χ3v) is 5.06. The zero-order valence-corrected chi connectivity index (χ0v) is 18.3. The van der Waals surface area contributed by atoms with Gasteiger partial charge in [-0.15, -0.1) is 0 Å². The van der Waals surface area contributed by atoms with Gasteiger partial charge < -0.3 is 25.0 Å². The predicted molar refractivity (Wildman–Crippen MR) is 121 cm³/mol. The maximum absolute atomic E-state index is 14.0. The van der Waals surface area contributed by atoms with Crippen molar-refractivity contribution in [3.63, 3.8) is 0 Å². The van der Waals surface area contributed by atoms with Crippen molar-refractivity contribution in [3.8, 4) is 5.75 Å². The molecule has 1 unspecified atom stereocenters. The van der Waals surface area contributed by atoms with Crippen LogP contribution >= 0.6 is 0 Å². The molecule has 1 aromatic heterocycles. The number of nitrogens with zero attached hydrogens (tertiary/aromatic N) is 3. The number of aliphatic imine (C=N–C) groups is 1. The first kappa shape index (κ1) is 22.8. The van der Waals surface area contributed by atoms with Gasteiger partial charge in [-0.3, -0.25) is 4.99 Å². The lowest BCUT2D eigenvalue weighted by Crippen LogP contribution is -2.44. The monoisotopic (exact) mass is 429 g/mol. The largest absolute Gasteiger partial charge is 0.497 e. The standard InChI is InChI=1S/C23H32FN5O2/c1-3-25-23(27-13-5-15-31-17-18-7-9-20(30-2)10-8-18)28-19-11-14-29(16-19)22-21(24)6-4-12-26-22/h4,6-10,12,19H,3,5,11,13-17H2,1-2H3,(H2,25,27,28). The van der Waals surface area contributed by atoms with E-state index in [0.29, 0.717) is 32.1 Å². The highest BCUT2D eigenvalue weighted by Crippen LogP contribution is 2.20. The lowest BCUT2D eigenvalue weighted by molar-refractivity contribution is 0.120. The van der Waals surface area contributed by atoms with Gasteiger partial charge in [0, 0.05) is 45.0 Å². The number of ether oxygens (including phenoxy) is 2. The van der Waals surface area contributed by atoms with Gasteiger partial charge in [0.1, 0.15) is 5.75 Å². The van der Waals surface area contributed by atoms with Crippen molar-refractivity contribution in [3.05, 3.63) is 54.0 Å². The summed E-state index contributed by atoms with van der Waals surface area (Å²) in [6.45, 7) is 6.18. The second-order valence-corrected chi connectivity index (χ2v) is 7.40. The Bertz CT molecular complexity index is 831. The molecule has 3 rings (SSSR count). The van der Waals surface area contributed by atoms with Crippen molar-refractivity contribution in [2.24, 2.45) is 4.99 Å². The van der Waals surface area contributed by atoms with Gasteiger partial charge in [0.15, 0.2) is 17.6 Å². The van der Waals surface area contributed by atoms with E-state index in [9.17, 15) is 4.39 Å². The average Bonchev–Trinajstić information content (AvgIpc) is 3.25. The van der Waals surface area contributed by atoms with Crippen LogP contribution < -0.4 is 20.3 Å². The fourth-order valence-electron chi connectivity index (χ4n) is 3.46. The third-order valence-electron chi connectivity index (χ3n) is 5.06. The van der Waals surface area contributed by atoms with Crippen molar-refractivity contribution >= 4 is 11.8 Å². The van der Waals surface area contributed by atoms with E-state index in [2.05, 4.69) is 20.6 Å². The molecule has 1 aliphatic heterocycles. The maximum atomic E-state index is 14.0. The molecule has 2 N–H and O–H groups in total. The van der Waals surface area contributed by atoms with E-state index in [1.165, 1.54) is 6.07 Å². The quantitative estimate of drug-likeness (QED) is 0.344. The van der Waals surface area contributed by atoms with Crippen LogP contribution in [0.3, 0.4) is 0 Å². The van der Waals surface area contributed by atoms with E-state index in [-0.39, 0.29) is 11.9 Å². The van der Waals surface area contributed by atoms with Crippen LogP contribution in [0.15, 0.2) is 47.6 Å². The summed E-state index contributed by atoms with van der Waals surface area (Å²) in [6.07, 6.45) is 3.37. The fraction of sp³-hybridized carbons (Fsp3) is 0.478. The van der Waals surface area contributed by atoms with Crippen LogP contribution in [0.5, 0.6) is 5.75 Å².